The van der Waals surface area contributed by atoms with Gasteiger partial charge in [0.05, 0.1) is 6.10 Å². The third-order valence-electron chi connectivity index (χ3n) is 3.38. The van der Waals surface area contributed by atoms with Crippen molar-refractivity contribution in [2.75, 3.05) is 11.9 Å². The van der Waals surface area contributed by atoms with E-state index in [1.165, 1.54) is 5.69 Å². The predicted octanol–water partition coefficient (Wildman–Crippen LogP) is 2.85. The van der Waals surface area contributed by atoms with Crippen molar-refractivity contribution in [1.82, 2.24) is 5.32 Å². The number of hydrogen-bond donors (Lipinski definition) is 2. The highest BCUT2D eigenvalue weighted by molar-refractivity contribution is 5.43. The average Bonchev–Trinajstić information content (AvgIpc) is 2.34. The Balaban J connectivity index is 1.93. The highest BCUT2D eigenvalue weighted by Crippen LogP contribution is 2.21. The molecule has 3 heteroatoms. The number of ether oxygens (including phenoxy) is 1. The molecular weight excluding hydrogens is 224 g/mol. The van der Waals surface area contributed by atoms with Crippen LogP contribution >= 0.6 is 0 Å². The molecule has 100 valence electrons. The number of nitrogens with one attached hydrogen (secondary N) is 2. The summed E-state index contributed by atoms with van der Waals surface area (Å²) in [5.74, 6) is 0.609. The lowest BCUT2D eigenvalue weighted by atomic mass is 9.94. The summed E-state index contributed by atoms with van der Waals surface area (Å²) in [6, 6.07) is 10.9. The molecular formula is C15H24N2O. The van der Waals surface area contributed by atoms with Gasteiger partial charge in [0.1, 0.15) is 6.23 Å². The van der Waals surface area contributed by atoms with Crippen LogP contribution in [0.15, 0.2) is 30.3 Å². The zero-order valence-electron chi connectivity index (χ0n) is 11.5. The van der Waals surface area contributed by atoms with E-state index in [1.54, 1.807) is 0 Å². The smallest absolute Gasteiger partial charge is 0.110 e. The maximum absolute atomic E-state index is 5.86. The maximum Gasteiger partial charge on any atom is 0.110 e. The molecule has 1 aromatic carbocycles. The molecule has 0 saturated carbocycles. The first-order chi connectivity index (χ1) is 8.65. The second kappa shape index (κ2) is 6.21. The molecule has 0 aromatic heterocycles. The molecule has 0 amide bonds. The number of hydrogen-bond acceptors (Lipinski definition) is 3. The van der Waals surface area contributed by atoms with Crippen molar-refractivity contribution >= 4 is 5.69 Å². The molecule has 3 unspecified atom stereocenters. The summed E-state index contributed by atoms with van der Waals surface area (Å²) < 4.78 is 5.86. The fourth-order valence-electron chi connectivity index (χ4n) is 2.39. The van der Waals surface area contributed by atoms with Gasteiger partial charge in [0.25, 0.3) is 0 Å². The molecule has 3 nitrogen and oxygen atoms in total. The van der Waals surface area contributed by atoms with Crippen molar-refractivity contribution < 1.29 is 4.74 Å². The molecule has 18 heavy (non-hydrogen) atoms. The van der Waals surface area contributed by atoms with Crippen LogP contribution in [0.2, 0.25) is 0 Å². The van der Waals surface area contributed by atoms with Crippen LogP contribution in [-0.2, 0) is 4.74 Å². The quantitative estimate of drug-likeness (QED) is 0.859. The summed E-state index contributed by atoms with van der Waals surface area (Å²) in [5.41, 5.74) is 1.19. The summed E-state index contributed by atoms with van der Waals surface area (Å²) in [6.07, 6.45) is 1.45. The minimum atomic E-state index is 0.169. The van der Waals surface area contributed by atoms with Gasteiger partial charge >= 0.3 is 0 Å². The van der Waals surface area contributed by atoms with E-state index >= 15 is 0 Å². The number of piperidine rings is 1. The Morgan fingerprint density at radius 3 is 2.67 bits per heavy atom. The Hall–Kier alpha value is -1.06. The maximum atomic E-state index is 5.86. The molecule has 0 bridgehead atoms. The van der Waals surface area contributed by atoms with Crippen LogP contribution < -0.4 is 10.6 Å². The van der Waals surface area contributed by atoms with Gasteiger partial charge in [0, 0.05) is 24.7 Å². The lowest BCUT2D eigenvalue weighted by Crippen LogP contribution is -2.50. The molecule has 0 spiro atoms. The topological polar surface area (TPSA) is 33.3 Å². The van der Waals surface area contributed by atoms with E-state index in [0.29, 0.717) is 12.0 Å². The van der Waals surface area contributed by atoms with Gasteiger partial charge in [-0.05, 0) is 31.9 Å². The number of rotatable bonds is 4. The predicted molar refractivity (Wildman–Crippen MR) is 75.6 cm³/mol. The highest BCUT2D eigenvalue weighted by Gasteiger charge is 2.28. The zero-order valence-corrected chi connectivity index (χ0v) is 11.5. The SMILES string of the molecule is CC(C)OC1CC(Nc2ccccc2)C(C)CN1. The molecule has 0 radical (unpaired) electrons. The van der Waals surface area contributed by atoms with E-state index < -0.39 is 0 Å². The first-order valence-corrected chi connectivity index (χ1v) is 6.85. The van der Waals surface area contributed by atoms with Gasteiger partial charge in [-0.2, -0.15) is 0 Å². The molecule has 1 fully saturated rings. The van der Waals surface area contributed by atoms with Crippen LogP contribution in [0, 0.1) is 5.92 Å². The molecule has 1 saturated heterocycles. The standard InChI is InChI=1S/C15H24N2O/c1-11(2)18-15-9-14(12(3)10-16-15)17-13-7-5-4-6-8-13/h4-8,11-12,14-17H,9-10H2,1-3H3. The molecule has 0 aliphatic carbocycles. The number of anilines is 1. The van der Waals surface area contributed by atoms with E-state index in [9.17, 15) is 0 Å². The Morgan fingerprint density at radius 2 is 2.00 bits per heavy atom. The van der Waals surface area contributed by atoms with Crippen LogP contribution in [0.5, 0.6) is 0 Å². The Labute approximate surface area is 110 Å². The molecule has 1 aromatic rings. The molecule has 1 aliphatic rings. The second-order valence-corrected chi connectivity index (χ2v) is 5.41. The Morgan fingerprint density at radius 1 is 1.28 bits per heavy atom. The van der Waals surface area contributed by atoms with Gasteiger partial charge in [0.15, 0.2) is 0 Å². The zero-order chi connectivity index (χ0) is 13.0. The summed E-state index contributed by atoms with van der Waals surface area (Å²) >= 11 is 0. The van der Waals surface area contributed by atoms with Gasteiger partial charge in [-0.25, -0.2) is 0 Å². The lowest BCUT2D eigenvalue weighted by Gasteiger charge is -2.36. The Kier molecular flexibility index (Phi) is 4.61. The van der Waals surface area contributed by atoms with Crippen molar-refractivity contribution in [2.45, 2.75) is 45.6 Å². The third kappa shape index (κ3) is 3.72. The van der Waals surface area contributed by atoms with Crippen molar-refractivity contribution in [1.29, 1.82) is 0 Å². The molecule has 3 atom stereocenters. The van der Waals surface area contributed by atoms with Crippen LogP contribution in [0.3, 0.4) is 0 Å². The van der Waals surface area contributed by atoms with E-state index in [2.05, 4.69) is 55.7 Å². The average molecular weight is 248 g/mol. The summed E-state index contributed by atoms with van der Waals surface area (Å²) in [5, 5.41) is 7.07. The molecule has 2 rings (SSSR count). The molecule has 2 N–H and O–H groups in total. The second-order valence-electron chi connectivity index (χ2n) is 5.41. The summed E-state index contributed by atoms with van der Waals surface area (Å²) in [4.78, 5) is 0. The van der Waals surface area contributed by atoms with Gasteiger partial charge in [-0.1, -0.05) is 25.1 Å². The van der Waals surface area contributed by atoms with Crippen molar-refractivity contribution in [3.8, 4) is 0 Å². The van der Waals surface area contributed by atoms with Crippen LogP contribution in [0.25, 0.3) is 0 Å². The van der Waals surface area contributed by atoms with Crippen molar-refractivity contribution in [3.63, 3.8) is 0 Å². The fraction of sp³-hybridized carbons (Fsp3) is 0.600. The van der Waals surface area contributed by atoms with Gasteiger partial charge < -0.3 is 10.1 Å². The normalized spacial score (nSPS) is 28.3. The Bertz CT molecular complexity index is 353. The first kappa shape index (κ1) is 13.4. The fourth-order valence-corrected chi connectivity index (χ4v) is 2.39. The number of benzene rings is 1. The first-order valence-electron chi connectivity index (χ1n) is 6.85. The van der Waals surface area contributed by atoms with E-state index in [-0.39, 0.29) is 12.3 Å². The van der Waals surface area contributed by atoms with E-state index in [1.807, 2.05) is 6.07 Å². The largest absolute Gasteiger partial charge is 0.382 e. The monoisotopic (exact) mass is 248 g/mol. The van der Waals surface area contributed by atoms with Gasteiger partial charge in [-0.3, -0.25) is 5.32 Å². The van der Waals surface area contributed by atoms with Crippen LogP contribution in [-0.4, -0.2) is 24.9 Å². The summed E-state index contributed by atoms with van der Waals surface area (Å²) in [7, 11) is 0. The van der Waals surface area contributed by atoms with E-state index in [0.717, 1.165) is 13.0 Å². The van der Waals surface area contributed by atoms with Gasteiger partial charge in [-0.15, -0.1) is 0 Å². The molecule has 1 heterocycles. The number of para-hydroxylation sites is 1. The van der Waals surface area contributed by atoms with Crippen LogP contribution in [0.4, 0.5) is 5.69 Å². The van der Waals surface area contributed by atoms with Gasteiger partial charge in [0.2, 0.25) is 0 Å². The third-order valence-corrected chi connectivity index (χ3v) is 3.38. The van der Waals surface area contributed by atoms with E-state index in [4.69, 9.17) is 4.74 Å². The summed E-state index contributed by atoms with van der Waals surface area (Å²) in [6.45, 7) is 7.44. The molecule has 1 aliphatic heterocycles. The van der Waals surface area contributed by atoms with Crippen LogP contribution in [0.1, 0.15) is 27.2 Å². The lowest BCUT2D eigenvalue weighted by molar-refractivity contribution is -0.0349. The van der Waals surface area contributed by atoms with Crippen molar-refractivity contribution in [2.24, 2.45) is 5.92 Å². The minimum absolute atomic E-state index is 0.169. The highest BCUT2D eigenvalue weighted by atomic mass is 16.5. The van der Waals surface area contributed by atoms with Crippen molar-refractivity contribution in [3.05, 3.63) is 30.3 Å². The minimum Gasteiger partial charge on any atom is -0.382 e.